The van der Waals surface area contributed by atoms with Crippen molar-refractivity contribution in [1.29, 1.82) is 0 Å². The van der Waals surface area contributed by atoms with E-state index in [-0.39, 0.29) is 40.2 Å². The molecular weight excluding hydrogens is 648 g/mol. The van der Waals surface area contributed by atoms with E-state index in [9.17, 15) is 0 Å². The maximum Gasteiger partial charge on any atom is 0.0329 e. The van der Waals surface area contributed by atoms with Crippen molar-refractivity contribution >= 4 is 23.2 Å². The second-order valence-corrected chi connectivity index (χ2v) is 5.37. The van der Waals surface area contributed by atoms with Crippen LogP contribution in [0, 0.1) is 0 Å². The first-order valence-electron chi connectivity index (χ1n) is 6.78. The fourth-order valence-electron chi connectivity index (χ4n) is 1.78. The molecule has 118 valence electrons. The molecule has 2 rings (SSSR count). The van der Waals surface area contributed by atoms with Crippen molar-refractivity contribution in [1.82, 2.24) is 0 Å². The van der Waals surface area contributed by atoms with Crippen LogP contribution in [0.3, 0.4) is 0 Å². The Bertz CT molecular complexity index is 300. The molecule has 0 N–H and O–H groups in total. The van der Waals surface area contributed by atoms with Crippen molar-refractivity contribution in [2.45, 2.75) is 51.4 Å². The van der Waals surface area contributed by atoms with Crippen molar-refractivity contribution in [3.05, 3.63) is 46.5 Å². The van der Waals surface area contributed by atoms with Gasteiger partial charge < -0.3 is 0 Å². The van der Waals surface area contributed by atoms with Gasteiger partial charge in [0.1, 0.15) is 0 Å². The molecule has 4 heteroatoms. The second kappa shape index (κ2) is 16.2. The number of rotatable bonds is 0. The number of hydrogen-bond acceptors (Lipinski definition) is 0. The molecule has 0 amide bonds. The van der Waals surface area contributed by atoms with E-state index >= 15 is 0 Å². The minimum Gasteiger partial charge on any atom is -0.0882 e. The van der Waals surface area contributed by atoms with E-state index in [0.29, 0.717) is 0 Å². The Labute approximate surface area is 160 Å². The minimum absolute atomic E-state index is 0. The van der Waals surface area contributed by atoms with Crippen molar-refractivity contribution in [3.63, 3.8) is 0 Å². The number of halogens is 2. The fraction of sp³-hybridized carbons (Fsp3) is 0.500. The van der Waals surface area contributed by atoms with Crippen molar-refractivity contribution in [2.24, 2.45) is 0 Å². The van der Waals surface area contributed by atoms with Crippen LogP contribution in [0.1, 0.15) is 51.4 Å². The van der Waals surface area contributed by atoms with Gasteiger partial charge in [-0.3, -0.25) is 0 Å². The van der Waals surface area contributed by atoms with E-state index in [2.05, 4.69) is 36.5 Å². The maximum atomic E-state index is 5.86. The van der Waals surface area contributed by atoms with Crippen LogP contribution in [0.2, 0.25) is 0 Å². The van der Waals surface area contributed by atoms with Gasteiger partial charge in [-0.05, 0) is 51.4 Å². The second-order valence-electron chi connectivity index (χ2n) is 4.46. The molecule has 0 saturated carbocycles. The van der Waals surface area contributed by atoms with Gasteiger partial charge in [0.05, 0.1) is 0 Å². The van der Waals surface area contributed by atoms with Crippen molar-refractivity contribution in [2.75, 3.05) is 0 Å². The standard InChI is InChI=1S/C8H10Cl2.C8H12.2Ir/c9-7-5-3-1-2-4-6-8(7)10;1-2-4-6-8-7-5-3-1;;/h1-2H,3-6H2;1-2,7-8H,3-6H2;;/b2-1-,8-7-;2-1-,8-7?;;. The topological polar surface area (TPSA) is 0 Å². The molecule has 2 radical (unpaired) electrons. The van der Waals surface area contributed by atoms with Crippen LogP contribution >= 0.6 is 23.2 Å². The summed E-state index contributed by atoms with van der Waals surface area (Å²) in [5.74, 6) is 0. The Kier molecular flexibility index (Phi) is 18.7. The molecule has 0 saturated heterocycles. The zero-order valence-corrected chi connectivity index (χ0v) is 17.8. The molecule has 0 aromatic carbocycles. The summed E-state index contributed by atoms with van der Waals surface area (Å²) in [6, 6.07) is 0. The molecule has 0 heterocycles. The third-order valence-electron chi connectivity index (χ3n) is 2.86. The molecule has 20 heavy (non-hydrogen) atoms. The predicted octanol–water partition coefficient (Wildman–Crippen LogP) is 6.47. The normalized spacial score (nSPS) is 25.1. The molecule has 0 unspecified atom stereocenters. The van der Waals surface area contributed by atoms with Gasteiger partial charge in [0.25, 0.3) is 0 Å². The van der Waals surface area contributed by atoms with E-state index < -0.39 is 0 Å². The molecule has 0 atom stereocenters. The summed E-state index contributed by atoms with van der Waals surface area (Å²) < 4.78 is 0. The molecule has 0 aromatic rings. The van der Waals surface area contributed by atoms with Gasteiger partial charge >= 0.3 is 0 Å². The Morgan fingerprint density at radius 3 is 1.05 bits per heavy atom. The van der Waals surface area contributed by atoms with Crippen molar-refractivity contribution in [3.8, 4) is 0 Å². The third-order valence-corrected chi connectivity index (χ3v) is 3.79. The Balaban J connectivity index is 0. The van der Waals surface area contributed by atoms with Crippen molar-refractivity contribution < 1.29 is 40.2 Å². The van der Waals surface area contributed by atoms with Gasteiger partial charge in [0, 0.05) is 50.3 Å². The summed E-state index contributed by atoms with van der Waals surface area (Å²) in [4.78, 5) is 0. The molecule has 0 nitrogen and oxygen atoms in total. The quantitative estimate of drug-likeness (QED) is 0.260. The van der Waals surface area contributed by atoms with E-state index in [4.69, 9.17) is 23.2 Å². The van der Waals surface area contributed by atoms with Gasteiger partial charge in [-0.25, -0.2) is 0 Å². The first-order chi connectivity index (χ1) is 8.80. The monoisotopic (exact) mass is 670 g/mol. The first kappa shape index (κ1) is 23.1. The summed E-state index contributed by atoms with van der Waals surface area (Å²) in [7, 11) is 0. The van der Waals surface area contributed by atoms with Gasteiger partial charge in [-0.1, -0.05) is 59.7 Å². The number of hydrogen-bond donors (Lipinski definition) is 0. The molecule has 0 spiro atoms. The largest absolute Gasteiger partial charge is 0.0882 e. The molecule has 2 aliphatic rings. The Hall–Kier alpha value is 0.839. The molecule has 2 aliphatic carbocycles. The SMILES string of the molecule is C1=CCC/C=C\CC1.Cl/C1=C(\Cl)CC/C=C\CC1.[Ir].[Ir]. The number of allylic oxidation sites excluding steroid dienone is 8. The smallest absolute Gasteiger partial charge is 0.0329 e. The van der Waals surface area contributed by atoms with E-state index in [1.54, 1.807) is 0 Å². The molecule has 0 aliphatic heterocycles. The summed E-state index contributed by atoms with van der Waals surface area (Å²) in [6.07, 6.45) is 22.2. The van der Waals surface area contributed by atoms with Gasteiger partial charge in [0.2, 0.25) is 0 Å². The van der Waals surface area contributed by atoms with Crippen LogP contribution in [0.25, 0.3) is 0 Å². The van der Waals surface area contributed by atoms with E-state index in [0.717, 1.165) is 35.7 Å². The average molecular weight is 670 g/mol. The zero-order valence-electron chi connectivity index (χ0n) is 11.5. The first-order valence-corrected chi connectivity index (χ1v) is 7.54. The summed E-state index contributed by atoms with van der Waals surface area (Å²) in [5, 5.41) is 1.68. The summed E-state index contributed by atoms with van der Waals surface area (Å²) >= 11 is 11.7. The van der Waals surface area contributed by atoms with Crippen LogP contribution in [-0.4, -0.2) is 0 Å². The van der Waals surface area contributed by atoms with E-state index in [1.165, 1.54) is 25.7 Å². The fourth-order valence-corrected chi connectivity index (χ4v) is 2.19. The van der Waals surface area contributed by atoms with Crippen LogP contribution in [0.15, 0.2) is 46.5 Å². The van der Waals surface area contributed by atoms with Crippen LogP contribution in [-0.2, 0) is 40.2 Å². The molecule has 0 fully saturated rings. The molecular formula is C16H22Cl2Ir2. The summed E-state index contributed by atoms with van der Waals surface area (Å²) in [5.41, 5.74) is 0. The van der Waals surface area contributed by atoms with Gasteiger partial charge in [-0.15, -0.1) is 0 Å². The maximum absolute atomic E-state index is 5.86. The third kappa shape index (κ3) is 12.6. The summed E-state index contributed by atoms with van der Waals surface area (Å²) in [6.45, 7) is 0. The minimum atomic E-state index is 0. The van der Waals surface area contributed by atoms with Crippen LogP contribution in [0.5, 0.6) is 0 Å². The molecule has 0 aromatic heterocycles. The average Bonchev–Trinajstić information content (AvgIpc) is 2.31. The van der Waals surface area contributed by atoms with Crippen LogP contribution < -0.4 is 0 Å². The van der Waals surface area contributed by atoms with Gasteiger partial charge in [0.15, 0.2) is 0 Å². The van der Waals surface area contributed by atoms with Crippen LogP contribution in [0.4, 0.5) is 0 Å². The Morgan fingerprint density at radius 2 is 0.750 bits per heavy atom. The Morgan fingerprint density at radius 1 is 0.500 bits per heavy atom. The molecule has 0 bridgehead atoms. The zero-order chi connectivity index (χ0) is 13.1. The predicted molar refractivity (Wildman–Crippen MR) is 83.1 cm³/mol. The van der Waals surface area contributed by atoms with E-state index in [1.807, 2.05) is 0 Å². The van der Waals surface area contributed by atoms with Gasteiger partial charge in [-0.2, -0.15) is 0 Å².